The Labute approximate surface area is 156 Å². The third kappa shape index (κ3) is 3.77. The van der Waals surface area contributed by atoms with Crippen molar-refractivity contribution in [2.45, 2.75) is 33.9 Å². The van der Waals surface area contributed by atoms with Crippen molar-refractivity contribution < 1.29 is 9.53 Å². The molecule has 0 fully saturated rings. The fourth-order valence-corrected chi connectivity index (χ4v) is 3.89. The molecule has 26 heavy (non-hydrogen) atoms. The van der Waals surface area contributed by atoms with Crippen molar-refractivity contribution in [3.63, 3.8) is 0 Å². The molecule has 136 valence electrons. The zero-order chi connectivity index (χ0) is 18.7. The minimum Gasteiger partial charge on any atom is -0.494 e. The Balaban J connectivity index is 2.00. The number of hydrogen-bond acceptors (Lipinski definition) is 4. The van der Waals surface area contributed by atoms with E-state index in [9.17, 15) is 4.79 Å². The summed E-state index contributed by atoms with van der Waals surface area (Å²) in [6.07, 6.45) is 1.80. The molecule has 1 amide bonds. The highest BCUT2D eigenvalue weighted by Gasteiger charge is 2.10. The number of rotatable bonds is 6. The molecule has 7 heteroatoms. The molecule has 0 unspecified atom stereocenters. The first-order chi connectivity index (χ1) is 12.5. The van der Waals surface area contributed by atoms with Crippen molar-refractivity contribution in [3.8, 4) is 5.75 Å². The minimum atomic E-state index is -0.231. The number of nitrogens with zero attached hydrogens (tertiary/aromatic N) is 4. The van der Waals surface area contributed by atoms with Gasteiger partial charge in [-0.05, 0) is 45.0 Å². The topological polar surface area (TPSA) is 61.4 Å². The number of aryl methyl sites for hydroxylation is 2. The normalized spacial score (nSPS) is 11.9. The van der Waals surface area contributed by atoms with Gasteiger partial charge in [-0.2, -0.15) is 10.1 Å². The Morgan fingerprint density at radius 3 is 2.85 bits per heavy atom. The van der Waals surface area contributed by atoms with Crippen molar-refractivity contribution >= 4 is 27.5 Å². The van der Waals surface area contributed by atoms with Gasteiger partial charge in [-0.15, -0.1) is 6.58 Å². The zero-order valence-electron chi connectivity index (χ0n) is 15.2. The second-order valence-corrected chi connectivity index (χ2v) is 6.95. The summed E-state index contributed by atoms with van der Waals surface area (Å²) in [5.74, 6) is 0.582. The van der Waals surface area contributed by atoms with Crippen LogP contribution in [0.15, 0.2) is 41.9 Å². The molecule has 2 heterocycles. The maximum atomic E-state index is 12.5. The molecule has 0 radical (unpaired) electrons. The number of hydrogen-bond donors (Lipinski definition) is 0. The number of fused-ring (bicyclic) bond motifs is 1. The SMILES string of the molecule is C=CCn1c(=NC(=O)Cn2nc(C)cc2C)sc2cc(OCC)ccc21. The second-order valence-electron chi connectivity index (χ2n) is 5.94. The summed E-state index contributed by atoms with van der Waals surface area (Å²) in [6, 6.07) is 7.85. The van der Waals surface area contributed by atoms with Crippen LogP contribution in [0.4, 0.5) is 0 Å². The van der Waals surface area contributed by atoms with Gasteiger partial charge in [0.15, 0.2) is 4.80 Å². The average molecular weight is 370 g/mol. The predicted molar refractivity (Wildman–Crippen MR) is 103 cm³/mol. The van der Waals surface area contributed by atoms with E-state index in [0.717, 1.165) is 27.4 Å². The molecule has 3 aromatic rings. The number of allylic oxidation sites excluding steroid dienone is 1. The summed E-state index contributed by atoms with van der Waals surface area (Å²) in [7, 11) is 0. The van der Waals surface area contributed by atoms with Gasteiger partial charge in [-0.1, -0.05) is 17.4 Å². The van der Waals surface area contributed by atoms with E-state index in [1.54, 1.807) is 10.8 Å². The highest BCUT2D eigenvalue weighted by molar-refractivity contribution is 7.16. The second kappa shape index (κ2) is 7.70. The molecular formula is C19H22N4O2S. The summed E-state index contributed by atoms with van der Waals surface area (Å²) in [4.78, 5) is 17.4. The number of carbonyl (C=O) groups is 1. The van der Waals surface area contributed by atoms with Gasteiger partial charge in [-0.3, -0.25) is 9.48 Å². The average Bonchev–Trinajstić information content (AvgIpc) is 3.07. The van der Waals surface area contributed by atoms with Crippen LogP contribution in [-0.4, -0.2) is 26.9 Å². The number of ether oxygens (including phenoxy) is 1. The summed E-state index contributed by atoms with van der Waals surface area (Å²) >= 11 is 1.47. The number of thiazole rings is 1. The third-order valence-corrected chi connectivity index (χ3v) is 4.93. The molecule has 0 saturated heterocycles. The van der Waals surface area contributed by atoms with Crippen molar-refractivity contribution in [1.29, 1.82) is 0 Å². The molecule has 0 spiro atoms. The van der Waals surface area contributed by atoms with Crippen molar-refractivity contribution in [2.75, 3.05) is 6.61 Å². The molecule has 0 N–H and O–H groups in total. The van der Waals surface area contributed by atoms with E-state index in [4.69, 9.17) is 4.74 Å². The van der Waals surface area contributed by atoms with Crippen LogP contribution < -0.4 is 9.54 Å². The van der Waals surface area contributed by atoms with Crippen LogP contribution >= 0.6 is 11.3 Å². The van der Waals surface area contributed by atoms with Gasteiger partial charge in [0.1, 0.15) is 12.3 Å². The standard InChI is InChI=1S/C19H22N4O2S/c1-5-9-22-16-8-7-15(25-6-2)11-17(16)26-19(22)20-18(24)12-23-14(4)10-13(3)21-23/h5,7-8,10-11H,1,6,9,12H2,2-4H3. The molecule has 3 rings (SSSR count). The van der Waals surface area contributed by atoms with Crippen LogP contribution in [0.5, 0.6) is 5.75 Å². The molecule has 0 atom stereocenters. The van der Waals surface area contributed by atoms with E-state index in [0.29, 0.717) is 18.0 Å². The lowest BCUT2D eigenvalue weighted by molar-refractivity contribution is -0.118. The van der Waals surface area contributed by atoms with Crippen LogP contribution in [0.1, 0.15) is 18.3 Å². The maximum Gasteiger partial charge on any atom is 0.270 e. The number of benzene rings is 1. The van der Waals surface area contributed by atoms with Gasteiger partial charge in [0.25, 0.3) is 5.91 Å². The number of carbonyl (C=O) groups excluding carboxylic acids is 1. The molecule has 0 aliphatic heterocycles. The Hall–Kier alpha value is -2.67. The van der Waals surface area contributed by atoms with Gasteiger partial charge >= 0.3 is 0 Å². The Bertz CT molecular complexity index is 1030. The van der Waals surface area contributed by atoms with E-state index in [2.05, 4.69) is 16.7 Å². The van der Waals surface area contributed by atoms with Gasteiger partial charge in [0, 0.05) is 12.2 Å². The van der Waals surface area contributed by atoms with Crippen LogP contribution in [0.2, 0.25) is 0 Å². The summed E-state index contributed by atoms with van der Waals surface area (Å²) in [5, 5.41) is 4.33. The van der Waals surface area contributed by atoms with Crippen LogP contribution in [-0.2, 0) is 17.9 Å². The highest BCUT2D eigenvalue weighted by atomic mass is 32.1. The van der Waals surface area contributed by atoms with Gasteiger partial charge in [0.2, 0.25) is 0 Å². The van der Waals surface area contributed by atoms with E-state index in [1.165, 1.54) is 11.3 Å². The van der Waals surface area contributed by atoms with Crippen LogP contribution in [0.3, 0.4) is 0 Å². The lowest BCUT2D eigenvalue weighted by Gasteiger charge is -2.04. The Morgan fingerprint density at radius 1 is 1.38 bits per heavy atom. The smallest absolute Gasteiger partial charge is 0.270 e. The monoisotopic (exact) mass is 370 g/mol. The maximum absolute atomic E-state index is 12.5. The minimum absolute atomic E-state index is 0.131. The summed E-state index contributed by atoms with van der Waals surface area (Å²) in [6.45, 7) is 10.9. The summed E-state index contributed by atoms with van der Waals surface area (Å²) < 4.78 is 10.3. The van der Waals surface area contributed by atoms with E-state index >= 15 is 0 Å². The van der Waals surface area contributed by atoms with Crippen LogP contribution in [0.25, 0.3) is 10.2 Å². The number of aromatic nitrogens is 3. The molecule has 0 aliphatic rings. The Kier molecular flexibility index (Phi) is 5.37. The molecular weight excluding hydrogens is 348 g/mol. The fraction of sp³-hybridized carbons (Fsp3) is 0.316. The lowest BCUT2D eigenvalue weighted by atomic mass is 10.3. The molecule has 6 nitrogen and oxygen atoms in total. The molecule has 0 aliphatic carbocycles. The van der Waals surface area contributed by atoms with Gasteiger partial charge < -0.3 is 9.30 Å². The lowest BCUT2D eigenvalue weighted by Crippen LogP contribution is -2.19. The quantitative estimate of drug-likeness (QED) is 0.626. The Morgan fingerprint density at radius 2 is 2.19 bits per heavy atom. The van der Waals surface area contributed by atoms with E-state index in [1.807, 2.05) is 49.6 Å². The molecule has 2 aromatic heterocycles. The van der Waals surface area contributed by atoms with Crippen molar-refractivity contribution in [1.82, 2.24) is 14.3 Å². The van der Waals surface area contributed by atoms with E-state index in [-0.39, 0.29) is 12.5 Å². The first-order valence-corrected chi connectivity index (χ1v) is 9.29. The van der Waals surface area contributed by atoms with E-state index < -0.39 is 0 Å². The van der Waals surface area contributed by atoms with Gasteiger partial charge in [0.05, 0.1) is 22.5 Å². The third-order valence-electron chi connectivity index (χ3n) is 3.89. The largest absolute Gasteiger partial charge is 0.494 e. The molecule has 0 bridgehead atoms. The molecule has 1 aromatic carbocycles. The van der Waals surface area contributed by atoms with Crippen molar-refractivity contribution in [2.24, 2.45) is 4.99 Å². The number of amides is 1. The fourth-order valence-electron chi connectivity index (χ4n) is 2.81. The molecule has 0 saturated carbocycles. The predicted octanol–water partition coefficient (Wildman–Crippen LogP) is 3.23. The summed E-state index contributed by atoms with van der Waals surface area (Å²) in [5.41, 5.74) is 2.85. The van der Waals surface area contributed by atoms with Gasteiger partial charge in [-0.25, -0.2) is 0 Å². The van der Waals surface area contributed by atoms with Crippen molar-refractivity contribution in [3.05, 3.63) is 53.1 Å². The van der Waals surface area contributed by atoms with Crippen LogP contribution in [0, 0.1) is 13.8 Å². The zero-order valence-corrected chi connectivity index (χ0v) is 16.0. The first kappa shape index (κ1) is 18.1. The highest BCUT2D eigenvalue weighted by Crippen LogP contribution is 2.23. The first-order valence-electron chi connectivity index (χ1n) is 8.47.